The molecule has 0 N–H and O–H groups in total. The number of aromatic nitrogens is 1. The van der Waals surface area contributed by atoms with Crippen molar-refractivity contribution in [2.75, 3.05) is 46.4 Å². The molecule has 1 aromatic carbocycles. The van der Waals surface area contributed by atoms with Gasteiger partial charge in [-0.25, -0.2) is 13.4 Å². The van der Waals surface area contributed by atoms with E-state index in [1.54, 1.807) is 12.1 Å². The van der Waals surface area contributed by atoms with E-state index in [1.165, 1.54) is 22.3 Å². The lowest BCUT2D eigenvalue weighted by Gasteiger charge is -2.31. The van der Waals surface area contributed by atoms with Gasteiger partial charge in [0.2, 0.25) is 10.0 Å². The van der Waals surface area contributed by atoms with Crippen LogP contribution in [0.25, 0.3) is 0 Å². The summed E-state index contributed by atoms with van der Waals surface area (Å²) in [5, 5.41) is 0.726. The standard InChI is InChI=1S/C18H21N3O4S2/c1-20-6-8-21(9-7-20)27(22,23)15-3-5-18(19-13-15)26-14-2-4-16-17(12-14)25-11-10-24-16/h2-5,12-13H,6-11H2,1H3. The van der Waals surface area contributed by atoms with Gasteiger partial charge in [-0.1, -0.05) is 11.8 Å². The quantitative estimate of drug-likeness (QED) is 0.767. The molecule has 0 amide bonds. The molecule has 0 atom stereocenters. The second kappa shape index (κ2) is 7.67. The molecule has 1 saturated heterocycles. The molecule has 144 valence electrons. The number of sulfonamides is 1. The van der Waals surface area contributed by atoms with Crippen molar-refractivity contribution < 1.29 is 17.9 Å². The number of hydrogen-bond donors (Lipinski definition) is 0. The van der Waals surface area contributed by atoms with Crippen LogP contribution in [-0.4, -0.2) is 69.0 Å². The Morgan fingerprint density at radius 2 is 1.74 bits per heavy atom. The molecule has 7 nitrogen and oxygen atoms in total. The molecule has 0 bridgehead atoms. The van der Waals surface area contributed by atoms with Gasteiger partial charge in [-0.2, -0.15) is 4.31 Å². The van der Waals surface area contributed by atoms with Gasteiger partial charge in [-0.15, -0.1) is 0 Å². The molecular weight excluding hydrogens is 386 g/mol. The summed E-state index contributed by atoms with van der Waals surface area (Å²) in [7, 11) is -1.49. The predicted molar refractivity (Wildman–Crippen MR) is 102 cm³/mol. The van der Waals surface area contributed by atoms with Crippen LogP contribution in [0.15, 0.2) is 51.3 Å². The molecular formula is C18H21N3O4S2. The second-order valence-corrected chi connectivity index (χ2v) is 9.48. The second-order valence-electron chi connectivity index (χ2n) is 6.45. The number of pyridine rings is 1. The zero-order chi connectivity index (χ0) is 18.9. The first-order valence-electron chi connectivity index (χ1n) is 8.75. The maximum atomic E-state index is 12.8. The summed E-state index contributed by atoms with van der Waals surface area (Å²) in [4.78, 5) is 7.65. The van der Waals surface area contributed by atoms with E-state index in [-0.39, 0.29) is 4.90 Å². The Morgan fingerprint density at radius 3 is 2.44 bits per heavy atom. The normalized spacial score (nSPS) is 18.4. The molecule has 0 radical (unpaired) electrons. The van der Waals surface area contributed by atoms with Crippen LogP contribution in [-0.2, 0) is 10.0 Å². The Labute approximate surface area is 163 Å². The van der Waals surface area contributed by atoms with Gasteiger partial charge in [0.1, 0.15) is 23.1 Å². The molecule has 4 rings (SSSR count). The summed E-state index contributed by atoms with van der Waals surface area (Å²) in [5.74, 6) is 1.47. The van der Waals surface area contributed by atoms with Gasteiger partial charge in [0, 0.05) is 37.3 Å². The lowest BCUT2D eigenvalue weighted by molar-refractivity contribution is 0.171. The topological polar surface area (TPSA) is 72.0 Å². The summed E-state index contributed by atoms with van der Waals surface area (Å²) in [5.41, 5.74) is 0. The summed E-state index contributed by atoms with van der Waals surface area (Å²) >= 11 is 1.45. The fourth-order valence-corrected chi connectivity index (χ4v) is 5.12. The van der Waals surface area contributed by atoms with Crippen molar-refractivity contribution in [1.29, 1.82) is 0 Å². The molecule has 0 aliphatic carbocycles. The van der Waals surface area contributed by atoms with Gasteiger partial charge in [0.05, 0.1) is 0 Å². The molecule has 0 saturated carbocycles. The number of piperazine rings is 1. The zero-order valence-electron chi connectivity index (χ0n) is 15.0. The van der Waals surface area contributed by atoms with Crippen LogP contribution >= 0.6 is 11.8 Å². The lowest BCUT2D eigenvalue weighted by Crippen LogP contribution is -2.47. The van der Waals surface area contributed by atoms with E-state index < -0.39 is 10.0 Å². The van der Waals surface area contributed by atoms with E-state index in [9.17, 15) is 8.42 Å². The molecule has 1 fully saturated rings. The first kappa shape index (κ1) is 18.5. The Balaban J connectivity index is 1.47. The Hall–Kier alpha value is -1.81. The third-order valence-electron chi connectivity index (χ3n) is 4.55. The Morgan fingerprint density at radius 1 is 1.00 bits per heavy atom. The number of likely N-dealkylation sites (N-methyl/N-ethyl adjacent to an activating group) is 1. The molecule has 27 heavy (non-hydrogen) atoms. The third-order valence-corrected chi connectivity index (χ3v) is 7.37. The fourth-order valence-electron chi connectivity index (χ4n) is 2.97. The average Bonchev–Trinajstić information content (AvgIpc) is 2.69. The largest absolute Gasteiger partial charge is 0.486 e. The van der Waals surface area contributed by atoms with Crippen LogP contribution < -0.4 is 9.47 Å². The SMILES string of the molecule is CN1CCN(S(=O)(=O)c2ccc(Sc3ccc4c(c3)OCCO4)nc2)CC1. The number of rotatable bonds is 4. The van der Waals surface area contributed by atoms with Gasteiger partial charge in [0.15, 0.2) is 11.5 Å². The molecule has 0 spiro atoms. The lowest BCUT2D eigenvalue weighted by atomic mass is 10.3. The first-order valence-corrected chi connectivity index (χ1v) is 11.0. The van der Waals surface area contributed by atoms with E-state index >= 15 is 0 Å². The van der Waals surface area contributed by atoms with Crippen LogP contribution in [0.5, 0.6) is 11.5 Å². The highest BCUT2D eigenvalue weighted by Crippen LogP contribution is 2.36. The molecule has 2 aliphatic heterocycles. The predicted octanol–water partition coefficient (Wildman–Crippen LogP) is 1.94. The van der Waals surface area contributed by atoms with E-state index in [1.807, 2.05) is 25.2 Å². The van der Waals surface area contributed by atoms with Crippen molar-refractivity contribution in [1.82, 2.24) is 14.2 Å². The van der Waals surface area contributed by atoms with Crippen molar-refractivity contribution in [3.63, 3.8) is 0 Å². The fraction of sp³-hybridized carbons (Fsp3) is 0.389. The summed E-state index contributed by atoms with van der Waals surface area (Å²) in [6.07, 6.45) is 1.44. The minimum Gasteiger partial charge on any atom is -0.486 e. The van der Waals surface area contributed by atoms with Crippen LogP contribution in [0, 0.1) is 0 Å². The molecule has 2 aliphatic rings. The number of nitrogens with zero attached hydrogens (tertiary/aromatic N) is 3. The summed E-state index contributed by atoms with van der Waals surface area (Å²) in [6, 6.07) is 9.10. The highest BCUT2D eigenvalue weighted by atomic mass is 32.2. The molecule has 3 heterocycles. The molecule has 0 unspecified atom stereocenters. The number of benzene rings is 1. The highest BCUT2D eigenvalue weighted by Gasteiger charge is 2.27. The first-order chi connectivity index (χ1) is 13.0. The van der Waals surface area contributed by atoms with E-state index in [0.29, 0.717) is 26.3 Å². The number of ether oxygens (including phenoxy) is 2. The minimum atomic E-state index is -3.49. The average molecular weight is 408 g/mol. The van der Waals surface area contributed by atoms with Crippen LogP contribution in [0.4, 0.5) is 0 Å². The van der Waals surface area contributed by atoms with Gasteiger partial charge < -0.3 is 14.4 Å². The highest BCUT2D eigenvalue weighted by molar-refractivity contribution is 7.99. The van der Waals surface area contributed by atoms with Crippen molar-refractivity contribution >= 4 is 21.8 Å². The van der Waals surface area contributed by atoms with Crippen LogP contribution in [0.2, 0.25) is 0 Å². The van der Waals surface area contributed by atoms with E-state index in [2.05, 4.69) is 9.88 Å². The minimum absolute atomic E-state index is 0.235. The van der Waals surface area contributed by atoms with Crippen molar-refractivity contribution in [3.05, 3.63) is 36.5 Å². The van der Waals surface area contributed by atoms with Gasteiger partial charge >= 0.3 is 0 Å². The van der Waals surface area contributed by atoms with E-state index in [0.717, 1.165) is 34.5 Å². The van der Waals surface area contributed by atoms with Gasteiger partial charge in [0.25, 0.3) is 0 Å². The Bertz CT molecular complexity index is 911. The molecule has 2 aromatic rings. The van der Waals surface area contributed by atoms with Gasteiger partial charge in [-0.05, 0) is 37.4 Å². The summed E-state index contributed by atoms with van der Waals surface area (Å²) < 4.78 is 38.1. The van der Waals surface area contributed by atoms with Crippen molar-refractivity contribution in [3.8, 4) is 11.5 Å². The number of hydrogen-bond acceptors (Lipinski definition) is 7. The van der Waals surface area contributed by atoms with Crippen molar-refractivity contribution in [2.24, 2.45) is 0 Å². The summed E-state index contributed by atoms with van der Waals surface area (Å²) in [6.45, 7) is 3.59. The van der Waals surface area contributed by atoms with E-state index in [4.69, 9.17) is 9.47 Å². The van der Waals surface area contributed by atoms with Gasteiger partial charge in [-0.3, -0.25) is 0 Å². The van der Waals surface area contributed by atoms with Crippen LogP contribution in [0.1, 0.15) is 0 Å². The third kappa shape index (κ3) is 4.06. The number of fused-ring (bicyclic) bond motifs is 1. The smallest absolute Gasteiger partial charge is 0.244 e. The monoisotopic (exact) mass is 407 g/mol. The molecule has 1 aromatic heterocycles. The van der Waals surface area contributed by atoms with Crippen LogP contribution in [0.3, 0.4) is 0 Å². The molecule has 9 heteroatoms. The van der Waals surface area contributed by atoms with Crippen molar-refractivity contribution in [2.45, 2.75) is 14.8 Å². The maximum Gasteiger partial charge on any atom is 0.244 e. The maximum absolute atomic E-state index is 12.8. The zero-order valence-corrected chi connectivity index (χ0v) is 16.6. The Kier molecular flexibility index (Phi) is 5.27.